The molecule has 0 unspecified atom stereocenters. The van der Waals surface area contributed by atoms with Crippen molar-refractivity contribution >= 4 is 11.5 Å². The van der Waals surface area contributed by atoms with Crippen LogP contribution in [0.25, 0.3) is 0 Å². The van der Waals surface area contributed by atoms with Gasteiger partial charge in [-0.3, -0.25) is 0 Å². The Morgan fingerprint density at radius 2 is 2.11 bits per heavy atom. The molecule has 0 aromatic carbocycles. The summed E-state index contributed by atoms with van der Waals surface area (Å²) in [4.78, 5) is 2.50. The minimum absolute atomic E-state index is 0.688. The monoisotopic (exact) mass is 264 g/mol. The molecule has 1 aromatic rings. The first kappa shape index (κ1) is 14.2. The smallest absolute Gasteiger partial charge is 0.150 e. The SMILES string of the molecule is CCCn1nc(C)c(N)c1N(CCC(C)C)C1CC1. The van der Waals surface area contributed by atoms with E-state index in [2.05, 4.69) is 35.5 Å². The molecule has 19 heavy (non-hydrogen) atoms. The molecule has 4 heteroatoms. The van der Waals surface area contributed by atoms with Gasteiger partial charge >= 0.3 is 0 Å². The zero-order valence-electron chi connectivity index (χ0n) is 12.8. The Kier molecular flexibility index (Phi) is 4.38. The third-order valence-electron chi connectivity index (χ3n) is 3.79. The third-order valence-corrected chi connectivity index (χ3v) is 3.79. The van der Waals surface area contributed by atoms with Gasteiger partial charge in [0.2, 0.25) is 0 Å². The fraction of sp³-hybridized carbons (Fsp3) is 0.800. The topological polar surface area (TPSA) is 47.1 Å². The first-order valence-corrected chi connectivity index (χ1v) is 7.64. The molecule has 108 valence electrons. The Morgan fingerprint density at radius 1 is 1.42 bits per heavy atom. The highest BCUT2D eigenvalue weighted by Crippen LogP contribution is 2.36. The largest absolute Gasteiger partial charge is 0.394 e. The van der Waals surface area contributed by atoms with Crippen LogP contribution in [0.1, 0.15) is 52.1 Å². The van der Waals surface area contributed by atoms with Crippen LogP contribution in [0.5, 0.6) is 0 Å². The van der Waals surface area contributed by atoms with Crippen molar-refractivity contribution in [1.29, 1.82) is 0 Å². The van der Waals surface area contributed by atoms with Gasteiger partial charge in [0.15, 0.2) is 5.82 Å². The molecule has 2 rings (SSSR count). The lowest BCUT2D eigenvalue weighted by Crippen LogP contribution is -2.30. The quantitative estimate of drug-likeness (QED) is 0.822. The molecule has 1 fully saturated rings. The number of aryl methyl sites for hydroxylation is 2. The number of nitrogens with zero attached hydrogens (tertiary/aromatic N) is 3. The highest BCUT2D eigenvalue weighted by Gasteiger charge is 2.32. The first-order chi connectivity index (χ1) is 9.04. The molecule has 0 radical (unpaired) electrons. The average Bonchev–Trinajstić information content (AvgIpc) is 3.13. The lowest BCUT2D eigenvalue weighted by Gasteiger charge is -2.26. The van der Waals surface area contributed by atoms with Crippen molar-refractivity contribution in [3.63, 3.8) is 0 Å². The maximum absolute atomic E-state index is 6.28. The second-order valence-electron chi connectivity index (χ2n) is 6.15. The molecule has 0 spiro atoms. The fourth-order valence-electron chi connectivity index (χ4n) is 2.50. The number of hydrogen-bond acceptors (Lipinski definition) is 3. The number of hydrogen-bond donors (Lipinski definition) is 1. The fourth-order valence-corrected chi connectivity index (χ4v) is 2.50. The molecule has 0 bridgehead atoms. The summed E-state index contributed by atoms with van der Waals surface area (Å²) >= 11 is 0. The summed E-state index contributed by atoms with van der Waals surface area (Å²) in [5.74, 6) is 1.90. The maximum atomic E-state index is 6.28. The zero-order chi connectivity index (χ0) is 14.0. The first-order valence-electron chi connectivity index (χ1n) is 7.64. The second kappa shape index (κ2) is 5.85. The summed E-state index contributed by atoms with van der Waals surface area (Å²) in [6, 6.07) is 0.688. The standard InChI is InChI=1S/C15H28N4/c1-5-9-19-15(14(16)12(4)17-19)18(13-6-7-13)10-8-11(2)3/h11,13H,5-10,16H2,1-4H3. The van der Waals surface area contributed by atoms with Gasteiger partial charge in [-0.05, 0) is 38.5 Å². The van der Waals surface area contributed by atoms with E-state index in [-0.39, 0.29) is 0 Å². The Morgan fingerprint density at radius 3 is 2.63 bits per heavy atom. The molecule has 4 nitrogen and oxygen atoms in total. The van der Waals surface area contributed by atoms with Gasteiger partial charge in [0, 0.05) is 19.1 Å². The minimum Gasteiger partial charge on any atom is -0.394 e. The minimum atomic E-state index is 0.688. The van der Waals surface area contributed by atoms with Gasteiger partial charge in [0.1, 0.15) is 0 Å². The van der Waals surface area contributed by atoms with E-state index in [0.29, 0.717) is 6.04 Å². The van der Waals surface area contributed by atoms with Crippen LogP contribution in [0.4, 0.5) is 11.5 Å². The Bertz CT molecular complexity index is 418. The van der Waals surface area contributed by atoms with Crippen molar-refractivity contribution < 1.29 is 0 Å². The predicted octanol–water partition coefficient (Wildman–Crippen LogP) is 3.20. The number of nitrogens with two attached hydrogens (primary N) is 1. The Labute approximate surface area is 117 Å². The highest BCUT2D eigenvalue weighted by molar-refractivity contribution is 5.67. The van der Waals surface area contributed by atoms with Crippen LogP contribution >= 0.6 is 0 Å². The van der Waals surface area contributed by atoms with Crippen molar-refractivity contribution in [1.82, 2.24) is 9.78 Å². The van der Waals surface area contributed by atoms with Crippen LogP contribution in [0, 0.1) is 12.8 Å². The molecule has 0 amide bonds. The molecule has 0 atom stereocenters. The van der Waals surface area contributed by atoms with Crippen molar-refractivity contribution in [2.75, 3.05) is 17.2 Å². The van der Waals surface area contributed by atoms with Crippen molar-refractivity contribution in [2.45, 2.75) is 66.0 Å². The molecule has 1 aromatic heterocycles. The average molecular weight is 264 g/mol. The summed E-state index contributed by atoms with van der Waals surface area (Å²) in [6.45, 7) is 10.8. The van der Waals surface area contributed by atoms with Gasteiger partial charge < -0.3 is 10.6 Å². The van der Waals surface area contributed by atoms with Crippen LogP contribution in [0.2, 0.25) is 0 Å². The third kappa shape index (κ3) is 3.23. The summed E-state index contributed by atoms with van der Waals surface area (Å²) in [7, 11) is 0. The molecular weight excluding hydrogens is 236 g/mol. The Balaban J connectivity index is 2.24. The molecular formula is C15H28N4. The summed E-state index contributed by atoms with van der Waals surface area (Å²) < 4.78 is 2.11. The van der Waals surface area contributed by atoms with Crippen molar-refractivity contribution in [2.24, 2.45) is 5.92 Å². The van der Waals surface area contributed by atoms with Gasteiger partial charge in [-0.15, -0.1) is 0 Å². The van der Waals surface area contributed by atoms with E-state index in [1.54, 1.807) is 0 Å². The van der Waals surface area contributed by atoms with E-state index >= 15 is 0 Å². The number of anilines is 2. The lowest BCUT2D eigenvalue weighted by atomic mass is 10.1. The summed E-state index contributed by atoms with van der Waals surface area (Å²) in [6.07, 6.45) is 4.91. The molecule has 0 aliphatic heterocycles. The number of nitrogen functional groups attached to an aromatic ring is 1. The summed E-state index contributed by atoms with van der Waals surface area (Å²) in [5, 5.41) is 4.61. The van der Waals surface area contributed by atoms with Crippen LogP contribution < -0.4 is 10.6 Å². The number of rotatable bonds is 7. The van der Waals surface area contributed by atoms with Crippen LogP contribution in [0.15, 0.2) is 0 Å². The van der Waals surface area contributed by atoms with Crippen LogP contribution in [-0.4, -0.2) is 22.4 Å². The molecule has 1 saturated carbocycles. The molecule has 1 heterocycles. The normalized spacial score (nSPS) is 15.2. The lowest BCUT2D eigenvalue weighted by molar-refractivity contribution is 0.544. The molecule has 2 N–H and O–H groups in total. The zero-order valence-corrected chi connectivity index (χ0v) is 12.8. The molecule has 1 aliphatic carbocycles. The van der Waals surface area contributed by atoms with E-state index < -0.39 is 0 Å². The van der Waals surface area contributed by atoms with E-state index in [0.717, 1.165) is 36.8 Å². The number of aromatic nitrogens is 2. The maximum Gasteiger partial charge on any atom is 0.150 e. The van der Waals surface area contributed by atoms with Gasteiger partial charge in [-0.2, -0.15) is 5.10 Å². The summed E-state index contributed by atoms with van der Waals surface area (Å²) in [5.41, 5.74) is 8.13. The predicted molar refractivity (Wildman–Crippen MR) is 81.5 cm³/mol. The Hall–Kier alpha value is -1.19. The molecule has 0 saturated heterocycles. The second-order valence-corrected chi connectivity index (χ2v) is 6.15. The highest BCUT2D eigenvalue weighted by atomic mass is 15.4. The van der Waals surface area contributed by atoms with Gasteiger partial charge in [-0.1, -0.05) is 20.8 Å². The van der Waals surface area contributed by atoms with Gasteiger partial charge in [0.05, 0.1) is 11.4 Å². The van der Waals surface area contributed by atoms with E-state index in [1.165, 1.54) is 25.1 Å². The van der Waals surface area contributed by atoms with Gasteiger partial charge in [0.25, 0.3) is 0 Å². The van der Waals surface area contributed by atoms with Crippen LogP contribution in [0.3, 0.4) is 0 Å². The van der Waals surface area contributed by atoms with Gasteiger partial charge in [-0.25, -0.2) is 4.68 Å². The molecule has 1 aliphatic rings. The van der Waals surface area contributed by atoms with E-state index in [4.69, 9.17) is 5.73 Å². The van der Waals surface area contributed by atoms with Crippen molar-refractivity contribution in [3.8, 4) is 0 Å². The van der Waals surface area contributed by atoms with Crippen molar-refractivity contribution in [3.05, 3.63) is 5.69 Å². The van der Waals surface area contributed by atoms with E-state index in [1.807, 2.05) is 6.92 Å². The van der Waals surface area contributed by atoms with E-state index in [9.17, 15) is 0 Å². The van der Waals surface area contributed by atoms with Crippen LogP contribution in [-0.2, 0) is 6.54 Å².